The number of rotatable bonds is 6. The number of carbonyl (C=O) groups is 2. The lowest BCUT2D eigenvalue weighted by Crippen LogP contribution is -2.54. The second kappa shape index (κ2) is 9.17. The molecule has 2 aromatic carbocycles. The van der Waals surface area contributed by atoms with Gasteiger partial charge in [0.25, 0.3) is 0 Å². The van der Waals surface area contributed by atoms with Crippen molar-refractivity contribution in [3.8, 4) is 0 Å². The van der Waals surface area contributed by atoms with Gasteiger partial charge < -0.3 is 11.1 Å². The molecule has 0 aliphatic carbocycles. The first-order chi connectivity index (χ1) is 14.6. The highest BCUT2D eigenvalue weighted by atomic mass is 32.2. The highest BCUT2D eigenvalue weighted by Gasteiger charge is 2.32. The third kappa shape index (κ3) is 5.12. The Hall–Kier alpha value is -2.75. The fourth-order valence-corrected chi connectivity index (χ4v) is 5.32. The number of sulfonamides is 1. The first kappa shape index (κ1) is 22.9. The molecule has 1 atom stereocenters. The fourth-order valence-electron chi connectivity index (χ4n) is 3.69. The number of primary amides is 1. The van der Waals surface area contributed by atoms with Gasteiger partial charge in [-0.3, -0.25) is 14.5 Å². The standard InChI is InChI=1S/C22H28N4O4S/c1-15-4-9-20(16(2)14-15)31(29,30)26-12-10-25(11-13-26)17(3)22(28)24-19-7-5-18(6-8-19)21(23)27/h4-9,14,17H,10-13H2,1-3H3,(H2,23,27)(H,24,28)/t17-/m0/s1. The number of hydrogen-bond acceptors (Lipinski definition) is 5. The van der Waals surface area contributed by atoms with Crippen LogP contribution in [0.2, 0.25) is 0 Å². The summed E-state index contributed by atoms with van der Waals surface area (Å²) in [5.74, 6) is -0.725. The first-order valence-corrected chi connectivity index (χ1v) is 11.6. The molecule has 0 saturated carbocycles. The molecule has 9 heteroatoms. The third-order valence-electron chi connectivity index (χ3n) is 5.59. The molecule has 0 spiro atoms. The number of hydrogen-bond donors (Lipinski definition) is 2. The molecular formula is C22H28N4O4S. The van der Waals surface area contributed by atoms with Gasteiger partial charge in [-0.1, -0.05) is 17.7 Å². The molecule has 166 valence electrons. The maximum Gasteiger partial charge on any atom is 0.248 e. The van der Waals surface area contributed by atoms with Gasteiger partial charge >= 0.3 is 0 Å². The Morgan fingerprint density at radius 1 is 1.00 bits per heavy atom. The maximum absolute atomic E-state index is 13.0. The van der Waals surface area contributed by atoms with Crippen LogP contribution in [0.5, 0.6) is 0 Å². The van der Waals surface area contributed by atoms with Gasteiger partial charge in [0.15, 0.2) is 0 Å². The topological polar surface area (TPSA) is 113 Å². The number of anilines is 1. The number of amides is 2. The van der Waals surface area contributed by atoms with Crippen molar-refractivity contribution in [1.82, 2.24) is 9.21 Å². The monoisotopic (exact) mass is 444 g/mol. The molecule has 0 bridgehead atoms. The summed E-state index contributed by atoms with van der Waals surface area (Å²) in [6.07, 6.45) is 0. The Labute approximate surface area is 183 Å². The SMILES string of the molecule is Cc1ccc(S(=O)(=O)N2CCN([C@@H](C)C(=O)Nc3ccc(C(N)=O)cc3)CC2)c(C)c1. The van der Waals surface area contributed by atoms with Crippen LogP contribution in [-0.2, 0) is 14.8 Å². The van der Waals surface area contributed by atoms with E-state index < -0.39 is 22.0 Å². The van der Waals surface area contributed by atoms with E-state index in [0.29, 0.717) is 42.3 Å². The molecule has 8 nitrogen and oxygen atoms in total. The summed E-state index contributed by atoms with van der Waals surface area (Å²) in [6.45, 7) is 7.08. The summed E-state index contributed by atoms with van der Waals surface area (Å²) in [5.41, 5.74) is 7.91. The predicted molar refractivity (Wildman–Crippen MR) is 119 cm³/mol. The van der Waals surface area contributed by atoms with E-state index in [0.717, 1.165) is 11.1 Å². The molecule has 0 radical (unpaired) electrons. The van der Waals surface area contributed by atoms with E-state index in [1.807, 2.05) is 17.9 Å². The molecular weight excluding hydrogens is 416 g/mol. The molecule has 1 fully saturated rings. The highest BCUT2D eigenvalue weighted by Crippen LogP contribution is 2.23. The van der Waals surface area contributed by atoms with E-state index in [1.54, 1.807) is 50.2 Å². The van der Waals surface area contributed by atoms with Gasteiger partial charge in [-0.15, -0.1) is 0 Å². The van der Waals surface area contributed by atoms with Gasteiger partial charge in [0.2, 0.25) is 21.8 Å². The zero-order chi connectivity index (χ0) is 22.8. The van der Waals surface area contributed by atoms with E-state index in [4.69, 9.17) is 5.73 Å². The van der Waals surface area contributed by atoms with E-state index in [9.17, 15) is 18.0 Å². The Morgan fingerprint density at radius 2 is 1.61 bits per heavy atom. The molecule has 0 unspecified atom stereocenters. The lowest BCUT2D eigenvalue weighted by Gasteiger charge is -2.36. The lowest BCUT2D eigenvalue weighted by molar-refractivity contribution is -0.121. The normalized spacial score (nSPS) is 16.6. The maximum atomic E-state index is 13.0. The number of nitrogens with one attached hydrogen (secondary N) is 1. The van der Waals surface area contributed by atoms with Gasteiger partial charge in [0.05, 0.1) is 10.9 Å². The predicted octanol–water partition coefficient (Wildman–Crippen LogP) is 1.74. The zero-order valence-electron chi connectivity index (χ0n) is 18.0. The number of nitrogens with two attached hydrogens (primary N) is 1. The zero-order valence-corrected chi connectivity index (χ0v) is 18.8. The van der Waals surface area contributed by atoms with Crippen molar-refractivity contribution in [2.75, 3.05) is 31.5 Å². The Bertz CT molecular complexity index is 1080. The lowest BCUT2D eigenvalue weighted by atomic mass is 10.2. The molecule has 1 aliphatic rings. The van der Waals surface area contributed by atoms with Gasteiger partial charge in [-0.05, 0) is 56.7 Å². The van der Waals surface area contributed by atoms with Crippen molar-refractivity contribution in [1.29, 1.82) is 0 Å². The second-order valence-electron chi connectivity index (χ2n) is 7.82. The van der Waals surface area contributed by atoms with E-state index >= 15 is 0 Å². The summed E-state index contributed by atoms with van der Waals surface area (Å²) in [5, 5.41) is 2.82. The molecule has 31 heavy (non-hydrogen) atoms. The van der Waals surface area contributed by atoms with Crippen molar-refractivity contribution in [3.63, 3.8) is 0 Å². The Balaban J connectivity index is 1.60. The summed E-state index contributed by atoms with van der Waals surface area (Å²) in [4.78, 5) is 26.1. The second-order valence-corrected chi connectivity index (χ2v) is 9.72. The number of piperazine rings is 1. The van der Waals surface area contributed by atoms with Gasteiger partial charge in [0.1, 0.15) is 0 Å². The van der Waals surface area contributed by atoms with E-state index in [1.165, 1.54) is 4.31 Å². The third-order valence-corrected chi connectivity index (χ3v) is 7.64. The molecule has 1 heterocycles. The summed E-state index contributed by atoms with van der Waals surface area (Å²) in [7, 11) is -3.57. The molecule has 2 amide bonds. The summed E-state index contributed by atoms with van der Waals surface area (Å²) >= 11 is 0. The largest absolute Gasteiger partial charge is 0.366 e. The van der Waals surface area contributed by atoms with Crippen LogP contribution in [0, 0.1) is 13.8 Å². The van der Waals surface area contributed by atoms with E-state index in [2.05, 4.69) is 5.32 Å². The summed E-state index contributed by atoms with van der Waals surface area (Å²) < 4.78 is 27.6. The minimum absolute atomic E-state index is 0.197. The minimum Gasteiger partial charge on any atom is -0.366 e. The van der Waals surface area contributed by atoms with Crippen molar-refractivity contribution < 1.29 is 18.0 Å². The van der Waals surface area contributed by atoms with Crippen LogP contribution in [0.15, 0.2) is 47.4 Å². The minimum atomic E-state index is -3.57. The number of aryl methyl sites for hydroxylation is 2. The van der Waals surface area contributed by atoms with Crippen LogP contribution in [-0.4, -0.2) is 61.7 Å². The van der Waals surface area contributed by atoms with Gasteiger partial charge in [0, 0.05) is 37.4 Å². The fraction of sp³-hybridized carbons (Fsp3) is 0.364. The van der Waals surface area contributed by atoms with Crippen LogP contribution in [0.25, 0.3) is 0 Å². The van der Waals surface area contributed by atoms with Crippen molar-refractivity contribution in [2.24, 2.45) is 5.73 Å². The van der Waals surface area contributed by atoms with E-state index in [-0.39, 0.29) is 5.91 Å². The quantitative estimate of drug-likeness (QED) is 0.705. The van der Waals surface area contributed by atoms with Crippen molar-refractivity contribution >= 4 is 27.5 Å². The van der Waals surface area contributed by atoms with Crippen molar-refractivity contribution in [3.05, 3.63) is 59.2 Å². The number of nitrogens with zero attached hydrogens (tertiary/aromatic N) is 2. The molecule has 2 aromatic rings. The molecule has 0 aromatic heterocycles. The average molecular weight is 445 g/mol. The van der Waals surface area contributed by atoms with Crippen LogP contribution < -0.4 is 11.1 Å². The van der Waals surface area contributed by atoms with Crippen LogP contribution in [0.3, 0.4) is 0 Å². The first-order valence-electron chi connectivity index (χ1n) is 10.1. The molecule has 3 rings (SSSR count). The smallest absolute Gasteiger partial charge is 0.248 e. The molecule has 1 saturated heterocycles. The molecule has 1 aliphatic heterocycles. The number of carbonyl (C=O) groups excluding carboxylic acids is 2. The van der Waals surface area contributed by atoms with Crippen molar-refractivity contribution in [2.45, 2.75) is 31.7 Å². The Kier molecular flexibility index (Phi) is 6.78. The van der Waals surface area contributed by atoms with Crippen LogP contribution >= 0.6 is 0 Å². The Morgan fingerprint density at radius 3 is 2.16 bits per heavy atom. The van der Waals surface area contributed by atoms with Crippen LogP contribution in [0.4, 0.5) is 5.69 Å². The summed E-state index contributed by atoms with van der Waals surface area (Å²) in [6, 6.07) is 11.3. The molecule has 3 N–H and O–H groups in total. The van der Waals surface area contributed by atoms with Gasteiger partial charge in [-0.2, -0.15) is 4.31 Å². The van der Waals surface area contributed by atoms with Crippen LogP contribution in [0.1, 0.15) is 28.4 Å². The highest BCUT2D eigenvalue weighted by molar-refractivity contribution is 7.89. The average Bonchev–Trinajstić information content (AvgIpc) is 2.73. The van der Waals surface area contributed by atoms with Gasteiger partial charge in [-0.25, -0.2) is 8.42 Å². The number of benzene rings is 2.